The van der Waals surface area contributed by atoms with Crippen molar-refractivity contribution in [3.63, 3.8) is 0 Å². The molecule has 0 amide bonds. The van der Waals surface area contributed by atoms with Gasteiger partial charge in [0.15, 0.2) is 0 Å². The van der Waals surface area contributed by atoms with E-state index >= 15 is 0 Å². The van der Waals surface area contributed by atoms with E-state index in [-0.39, 0.29) is 0 Å². The summed E-state index contributed by atoms with van der Waals surface area (Å²) in [4.78, 5) is 4.39. The summed E-state index contributed by atoms with van der Waals surface area (Å²) < 4.78 is 2.03. The predicted molar refractivity (Wildman–Crippen MR) is 68.6 cm³/mol. The Hall–Kier alpha value is -0.900. The monoisotopic (exact) mass is 295 g/mol. The number of hydrogen-bond acceptors (Lipinski definition) is 1. The van der Waals surface area contributed by atoms with Crippen LogP contribution in [0.4, 0.5) is 0 Å². The van der Waals surface area contributed by atoms with Crippen LogP contribution in [-0.4, -0.2) is 4.98 Å². The third kappa shape index (κ3) is 1.95. The highest BCUT2D eigenvalue weighted by atomic mass is 127. The number of nitrogens with zero attached hydrogens (tertiary/aromatic N) is 1. The fraction of sp³-hybridized carbons (Fsp3) is 0.0833. The standard InChI is InChI=1S/C12H10IN/c13-8-3-6-12-11-5-2-1-4-10(11)7-9-14-12/h1-5,7-9H,6H2/b8-3+. The highest BCUT2D eigenvalue weighted by molar-refractivity contribution is 14.1. The van der Waals surface area contributed by atoms with Crippen molar-refractivity contribution in [2.75, 3.05) is 0 Å². The van der Waals surface area contributed by atoms with Gasteiger partial charge < -0.3 is 0 Å². The number of pyridine rings is 1. The van der Waals surface area contributed by atoms with Gasteiger partial charge in [0.25, 0.3) is 0 Å². The van der Waals surface area contributed by atoms with Crippen LogP contribution in [0.25, 0.3) is 10.8 Å². The quantitative estimate of drug-likeness (QED) is 0.769. The Morgan fingerprint density at radius 1 is 1.21 bits per heavy atom. The first-order chi connectivity index (χ1) is 6.92. The van der Waals surface area contributed by atoms with Crippen LogP contribution >= 0.6 is 22.6 Å². The summed E-state index contributed by atoms with van der Waals surface area (Å²) in [6.07, 6.45) is 4.90. The zero-order chi connectivity index (χ0) is 9.80. The topological polar surface area (TPSA) is 12.9 Å². The molecule has 2 rings (SSSR count). The molecule has 0 N–H and O–H groups in total. The van der Waals surface area contributed by atoms with Crippen LogP contribution in [0.2, 0.25) is 0 Å². The number of fused-ring (bicyclic) bond motifs is 1. The maximum absolute atomic E-state index is 4.39. The van der Waals surface area contributed by atoms with Crippen molar-refractivity contribution < 1.29 is 0 Å². The van der Waals surface area contributed by atoms with Gasteiger partial charge in [-0.05, 0) is 15.5 Å². The third-order valence-electron chi connectivity index (χ3n) is 2.16. The largest absolute Gasteiger partial charge is 0.260 e. The number of aromatic nitrogens is 1. The van der Waals surface area contributed by atoms with Crippen LogP contribution in [0.3, 0.4) is 0 Å². The minimum Gasteiger partial charge on any atom is -0.260 e. The van der Waals surface area contributed by atoms with Crippen LogP contribution in [0.1, 0.15) is 5.69 Å². The zero-order valence-electron chi connectivity index (χ0n) is 7.65. The smallest absolute Gasteiger partial charge is 0.0519 e. The Bertz CT molecular complexity index is 457. The molecular weight excluding hydrogens is 285 g/mol. The third-order valence-corrected chi connectivity index (χ3v) is 2.66. The van der Waals surface area contributed by atoms with E-state index in [0.717, 1.165) is 12.1 Å². The number of allylic oxidation sites excluding steroid dienone is 1. The van der Waals surface area contributed by atoms with Gasteiger partial charge in [0, 0.05) is 18.0 Å². The van der Waals surface area contributed by atoms with Gasteiger partial charge in [-0.25, -0.2) is 0 Å². The maximum atomic E-state index is 4.39. The van der Waals surface area contributed by atoms with E-state index in [1.165, 1.54) is 10.8 Å². The van der Waals surface area contributed by atoms with E-state index in [1.807, 2.05) is 16.3 Å². The van der Waals surface area contributed by atoms with E-state index < -0.39 is 0 Å². The Kier molecular flexibility index (Phi) is 3.14. The first-order valence-electron chi connectivity index (χ1n) is 4.49. The summed E-state index contributed by atoms with van der Waals surface area (Å²) in [6.45, 7) is 0. The normalized spacial score (nSPS) is 11.2. The van der Waals surface area contributed by atoms with Crippen molar-refractivity contribution in [3.05, 3.63) is 52.4 Å². The molecule has 2 heteroatoms. The van der Waals surface area contributed by atoms with Crippen LogP contribution in [0, 0.1) is 0 Å². The molecule has 0 unspecified atom stereocenters. The molecule has 0 aliphatic heterocycles. The van der Waals surface area contributed by atoms with Crippen molar-refractivity contribution in [2.45, 2.75) is 6.42 Å². The molecule has 14 heavy (non-hydrogen) atoms. The van der Waals surface area contributed by atoms with E-state index in [4.69, 9.17) is 0 Å². The van der Waals surface area contributed by atoms with Gasteiger partial charge in [-0.3, -0.25) is 4.98 Å². The Balaban J connectivity index is 2.53. The van der Waals surface area contributed by atoms with Crippen molar-refractivity contribution in [2.24, 2.45) is 0 Å². The molecule has 70 valence electrons. The average Bonchev–Trinajstić information content (AvgIpc) is 2.26. The molecule has 0 bridgehead atoms. The number of hydrogen-bond donors (Lipinski definition) is 0. The Morgan fingerprint density at radius 3 is 2.93 bits per heavy atom. The van der Waals surface area contributed by atoms with Gasteiger partial charge in [0.1, 0.15) is 0 Å². The van der Waals surface area contributed by atoms with Crippen LogP contribution in [0.15, 0.2) is 46.7 Å². The number of benzene rings is 1. The Morgan fingerprint density at radius 2 is 2.07 bits per heavy atom. The van der Waals surface area contributed by atoms with Crippen LogP contribution < -0.4 is 0 Å². The van der Waals surface area contributed by atoms with Crippen molar-refractivity contribution in [3.8, 4) is 0 Å². The molecule has 0 radical (unpaired) electrons. The van der Waals surface area contributed by atoms with Crippen LogP contribution in [0.5, 0.6) is 0 Å². The fourth-order valence-electron chi connectivity index (χ4n) is 1.50. The molecule has 0 spiro atoms. The fourth-order valence-corrected chi connectivity index (χ4v) is 1.76. The Labute approximate surface area is 97.0 Å². The molecule has 0 saturated carbocycles. The number of halogens is 1. The van der Waals surface area contributed by atoms with Gasteiger partial charge in [-0.15, -0.1) is 0 Å². The zero-order valence-corrected chi connectivity index (χ0v) is 9.81. The lowest BCUT2D eigenvalue weighted by Gasteiger charge is -2.01. The van der Waals surface area contributed by atoms with Crippen molar-refractivity contribution in [1.82, 2.24) is 4.98 Å². The minimum absolute atomic E-state index is 0.907. The van der Waals surface area contributed by atoms with Crippen LogP contribution in [-0.2, 0) is 6.42 Å². The van der Waals surface area contributed by atoms with Gasteiger partial charge >= 0.3 is 0 Å². The molecule has 0 fully saturated rings. The highest BCUT2D eigenvalue weighted by Crippen LogP contribution is 2.16. The lowest BCUT2D eigenvalue weighted by Crippen LogP contribution is -1.88. The molecule has 1 aromatic carbocycles. The molecule has 1 heterocycles. The summed E-state index contributed by atoms with van der Waals surface area (Å²) in [5.74, 6) is 0. The van der Waals surface area contributed by atoms with E-state index in [9.17, 15) is 0 Å². The van der Waals surface area contributed by atoms with E-state index in [1.54, 1.807) is 0 Å². The molecule has 1 nitrogen and oxygen atoms in total. The molecule has 1 aromatic heterocycles. The van der Waals surface area contributed by atoms with Gasteiger partial charge in [-0.2, -0.15) is 0 Å². The molecule has 0 atom stereocenters. The van der Waals surface area contributed by atoms with E-state index in [2.05, 4.69) is 57.9 Å². The SMILES string of the molecule is I/C=C/Cc1nccc2ccccc12. The predicted octanol–water partition coefficient (Wildman–Crippen LogP) is 3.73. The van der Waals surface area contributed by atoms with Gasteiger partial charge in [-0.1, -0.05) is 52.9 Å². The second-order valence-electron chi connectivity index (χ2n) is 3.04. The first kappa shape index (κ1) is 9.65. The van der Waals surface area contributed by atoms with Crippen molar-refractivity contribution >= 4 is 33.4 Å². The second-order valence-corrected chi connectivity index (χ2v) is 3.76. The molecule has 0 aliphatic rings. The number of rotatable bonds is 2. The minimum atomic E-state index is 0.907. The summed E-state index contributed by atoms with van der Waals surface area (Å²) >= 11 is 2.23. The summed E-state index contributed by atoms with van der Waals surface area (Å²) in [5, 5.41) is 2.52. The maximum Gasteiger partial charge on any atom is 0.0519 e. The van der Waals surface area contributed by atoms with E-state index in [0.29, 0.717) is 0 Å². The second kappa shape index (κ2) is 4.55. The highest BCUT2D eigenvalue weighted by Gasteiger charge is 1.98. The lowest BCUT2D eigenvalue weighted by atomic mass is 10.1. The molecule has 2 aromatic rings. The lowest BCUT2D eigenvalue weighted by molar-refractivity contribution is 1.14. The molecule has 0 saturated heterocycles. The molecular formula is C12H10IN. The van der Waals surface area contributed by atoms with Gasteiger partial charge in [0.2, 0.25) is 0 Å². The summed E-state index contributed by atoms with van der Waals surface area (Å²) in [5.41, 5.74) is 1.15. The summed E-state index contributed by atoms with van der Waals surface area (Å²) in [6, 6.07) is 10.4. The van der Waals surface area contributed by atoms with Crippen molar-refractivity contribution in [1.29, 1.82) is 0 Å². The summed E-state index contributed by atoms with van der Waals surface area (Å²) in [7, 11) is 0. The molecule has 0 aliphatic carbocycles. The average molecular weight is 295 g/mol. The first-order valence-corrected chi connectivity index (χ1v) is 5.74. The van der Waals surface area contributed by atoms with Gasteiger partial charge in [0.05, 0.1) is 5.69 Å².